The fourth-order valence-corrected chi connectivity index (χ4v) is 4.33. The summed E-state index contributed by atoms with van der Waals surface area (Å²) in [7, 11) is 1.82. The Kier molecular flexibility index (Phi) is 4.81. The van der Waals surface area contributed by atoms with Crippen molar-refractivity contribution < 1.29 is 9.53 Å². The molecule has 0 radical (unpaired) electrons. The molecule has 0 unspecified atom stereocenters. The first-order valence-corrected chi connectivity index (χ1v) is 8.52. The van der Waals surface area contributed by atoms with Gasteiger partial charge in [-0.05, 0) is 44.1 Å². The van der Waals surface area contributed by atoms with Gasteiger partial charge in [-0.2, -0.15) is 5.10 Å². The summed E-state index contributed by atoms with van der Waals surface area (Å²) in [6.45, 7) is 1.82. The summed E-state index contributed by atoms with van der Waals surface area (Å²) in [5.74, 6) is 0.310. The molecule has 2 heterocycles. The van der Waals surface area contributed by atoms with E-state index in [1.807, 2.05) is 19.5 Å². The van der Waals surface area contributed by atoms with E-state index in [0.717, 1.165) is 38.8 Å². The highest BCUT2D eigenvalue weighted by Gasteiger charge is 2.46. The zero-order valence-electron chi connectivity index (χ0n) is 13.5. The van der Waals surface area contributed by atoms with Crippen LogP contribution in [0.2, 0.25) is 0 Å². The Morgan fingerprint density at radius 2 is 2.36 bits per heavy atom. The molecule has 122 valence electrons. The smallest absolute Gasteiger partial charge is 0.222 e. The van der Waals surface area contributed by atoms with Crippen molar-refractivity contribution in [3.63, 3.8) is 0 Å². The molecule has 0 aromatic carbocycles. The van der Waals surface area contributed by atoms with Crippen LogP contribution < -0.4 is 0 Å². The number of carbonyl (C=O) groups is 1. The van der Waals surface area contributed by atoms with E-state index in [1.54, 1.807) is 0 Å². The van der Waals surface area contributed by atoms with E-state index < -0.39 is 0 Å². The lowest BCUT2D eigenvalue weighted by atomic mass is 9.76. The second-order valence-corrected chi connectivity index (χ2v) is 6.86. The van der Waals surface area contributed by atoms with Gasteiger partial charge in [0, 0.05) is 38.2 Å². The molecule has 1 aromatic rings. The number of aromatic amines is 1. The fraction of sp³-hybridized carbons (Fsp3) is 0.765. The number of aryl methyl sites for hydroxylation is 1. The van der Waals surface area contributed by atoms with Crippen molar-refractivity contribution in [2.75, 3.05) is 20.2 Å². The third-order valence-corrected chi connectivity index (χ3v) is 5.48. The van der Waals surface area contributed by atoms with E-state index in [-0.39, 0.29) is 5.41 Å². The number of ether oxygens (including phenoxy) is 1. The fourth-order valence-electron chi connectivity index (χ4n) is 4.33. The van der Waals surface area contributed by atoms with Crippen LogP contribution in [0.1, 0.15) is 50.5 Å². The maximum atomic E-state index is 12.5. The minimum absolute atomic E-state index is 0.229. The second-order valence-electron chi connectivity index (χ2n) is 6.86. The summed E-state index contributed by atoms with van der Waals surface area (Å²) >= 11 is 0. The molecular formula is C17H27N3O2. The molecule has 5 heteroatoms. The molecular weight excluding hydrogens is 278 g/mol. The molecule has 2 aliphatic rings. The van der Waals surface area contributed by atoms with Crippen LogP contribution in [-0.2, 0) is 16.0 Å². The van der Waals surface area contributed by atoms with Gasteiger partial charge in [0.05, 0.1) is 12.3 Å². The number of amides is 1. The number of hydrogen-bond acceptors (Lipinski definition) is 3. The van der Waals surface area contributed by atoms with Gasteiger partial charge in [0.25, 0.3) is 0 Å². The molecule has 2 fully saturated rings. The van der Waals surface area contributed by atoms with Gasteiger partial charge in [0.1, 0.15) is 0 Å². The molecule has 2 atom stereocenters. The number of methoxy groups -OCH3 is 1. The van der Waals surface area contributed by atoms with Crippen molar-refractivity contribution in [2.45, 2.75) is 57.5 Å². The highest BCUT2D eigenvalue weighted by molar-refractivity contribution is 5.76. The molecule has 1 N–H and O–H groups in total. The minimum Gasteiger partial charge on any atom is -0.381 e. The molecule has 22 heavy (non-hydrogen) atoms. The molecule has 3 rings (SSSR count). The van der Waals surface area contributed by atoms with Crippen LogP contribution in [0.15, 0.2) is 12.4 Å². The van der Waals surface area contributed by atoms with E-state index in [2.05, 4.69) is 15.1 Å². The highest BCUT2D eigenvalue weighted by atomic mass is 16.5. The highest BCUT2D eigenvalue weighted by Crippen LogP contribution is 2.46. The normalized spacial score (nSPS) is 28.4. The third-order valence-electron chi connectivity index (χ3n) is 5.48. The van der Waals surface area contributed by atoms with Crippen molar-refractivity contribution in [1.82, 2.24) is 15.1 Å². The first-order chi connectivity index (χ1) is 10.7. The number of piperidine rings is 1. The molecule has 1 spiro atoms. The Bertz CT molecular complexity index is 488. The summed E-state index contributed by atoms with van der Waals surface area (Å²) in [6, 6.07) is 0. The van der Waals surface area contributed by atoms with Crippen LogP contribution in [0.25, 0.3) is 0 Å². The topological polar surface area (TPSA) is 58.2 Å². The standard InChI is InChI=1S/C17H27N3O2/c1-22-15-6-3-8-17(15)9-4-10-20(13-17)16(21)7-2-5-14-11-18-19-12-14/h11-12,15H,2-10,13H2,1H3,(H,18,19)/t15-,17-/m1/s1. The number of hydrogen-bond donors (Lipinski definition) is 1. The number of aromatic nitrogens is 2. The van der Waals surface area contributed by atoms with Crippen LogP contribution in [0.3, 0.4) is 0 Å². The number of carbonyl (C=O) groups excluding carboxylic acids is 1. The van der Waals surface area contributed by atoms with Gasteiger partial charge in [-0.25, -0.2) is 0 Å². The number of H-pyrrole nitrogens is 1. The maximum absolute atomic E-state index is 12.5. The molecule has 1 aromatic heterocycles. The summed E-state index contributed by atoms with van der Waals surface area (Å²) < 4.78 is 5.71. The molecule has 1 aliphatic heterocycles. The number of likely N-dealkylation sites (tertiary alicyclic amines) is 1. The van der Waals surface area contributed by atoms with Crippen LogP contribution in [-0.4, -0.2) is 47.3 Å². The van der Waals surface area contributed by atoms with Gasteiger partial charge < -0.3 is 9.64 Å². The molecule has 1 saturated carbocycles. The lowest BCUT2D eigenvalue weighted by molar-refractivity contribution is -0.137. The third kappa shape index (κ3) is 3.19. The summed E-state index contributed by atoms with van der Waals surface area (Å²) in [4.78, 5) is 14.6. The Labute approximate surface area is 132 Å². The lowest BCUT2D eigenvalue weighted by Crippen LogP contribution is -2.49. The first-order valence-electron chi connectivity index (χ1n) is 8.52. The Morgan fingerprint density at radius 3 is 3.14 bits per heavy atom. The Morgan fingerprint density at radius 1 is 1.50 bits per heavy atom. The summed E-state index contributed by atoms with van der Waals surface area (Å²) in [5, 5.41) is 6.76. The van der Waals surface area contributed by atoms with Gasteiger partial charge in [-0.15, -0.1) is 0 Å². The van der Waals surface area contributed by atoms with Gasteiger partial charge in [-0.1, -0.05) is 6.42 Å². The summed E-state index contributed by atoms with van der Waals surface area (Å²) in [5.41, 5.74) is 1.41. The number of nitrogens with one attached hydrogen (secondary N) is 1. The first kappa shape index (κ1) is 15.5. The molecule has 0 bridgehead atoms. The average Bonchev–Trinajstić information content (AvgIpc) is 3.17. The lowest BCUT2D eigenvalue weighted by Gasteiger charge is -2.43. The number of rotatable bonds is 5. The minimum atomic E-state index is 0.229. The number of nitrogens with zero attached hydrogens (tertiary/aromatic N) is 2. The second kappa shape index (κ2) is 6.82. The Hall–Kier alpha value is -1.36. The van der Waals surface area contributed by atoms with Crippen LogP contribution in [0.5, 0.6) is 0 Å². The summed E-state index contributed by atoms with van der Waals surface area (Å²) in [6.07, 6.45) is 12.5. The van der Waals surface area contributed by atoms with Crippen molar-refractivity contribution in [2.24, 2.45) is 5.41 Å². The molecule has 5 nitrogen and oxygen atoms in total. The predicted molar refractivity (Wildman–Crippen MR) is 84.4 cm³/mol. The van der Waals surface area contributed by atoms with Gasteiger partial charge >= 0.3 is 0 Å². The Balaban J connectivity index is 1.52. The van der Waals surface area contributed by atoms with E-state index in [9.17, 15) is 4.79 Å². The van der Waals surface area contributed by atoms with Crippen LogP contribution >= 0.6 is 0 Å². The van der Waals surface area contributed by atoms with Crippen LogP contribution in [0.4, 0.5) is 0 Å². The maximum Gasteiger partial charge on any atom is 0.222 e. The molecule has 1 aliphatic carbocycles. The largest absolute Gasteiger partial charge is 0.381 e. The van der Waals surface area contributed by atoms with E-state index in [1.165, 1.54) is 24.8 Å². The molecule has 1 saturated heterocycles. The van der Waals surface area contributed by atoms with E-state index in [0.29, 0.717) is 18.4 Å². The van der Waals surface area contributed by atoms with E-state index in [4.69, 9.17) is 4.74 Å². The zero-order valence-corrected chi connectivity index (χ0v) is 13.5. The van der Waals surface area contributed by atoms with Gasteiger partial charge in [0.2, 0.25) is 5.91 Å². The van der Waals surface area contributed by atoms with E-state index >= 15 is 0 Å². The van der Waals surface area contributed by atoms with Crippen molar-refractivity contribution in [1.29, 1.82) is 0 Å². The van der Waals surface area contributed by atoms with Gasteiger partial charge in [0.15, 0.2) is 0 Å². The van der Waals surface area contributed by atoms with Crippen LogP contribution in [0, 0.1) is 5.41 Å². The zero-order chi connectivity index (χ0) is 15.4. The van der Waals surface area contributed by atoms with Crippen molar-refractivity contribution in [3.05, 3.63) is 18.0 Å². The van der Waals surface area contributed by atoms with Crippen molar-refractivity contribution in [3.8, 4) is 0 Å². The monoisotopic (exact) mass is 305 g/mol. The van der Waals surface area contributed by atoms with Crippen molar-refractivity contribution >= 4 is 5.91 Å². The average molecular weight is 305 g/mol. The predicted octanol–water partition coefficient (Wildman–Crippen LogP) is 2.54. The quantitative estimate of drug-likeness (QED) is 0.909. The SMILES string of the molecule is CO[C@@H]1CCC[C@]12CCCN(C(=O)CCCc1cn[nH]c1)C2. The van der Waals surface area contributed by atoms with Gasteiger partial charge in [-0.3, -0.25) is 9.89 Å². The molecule has 1 amide bonds.